The Kier molecular flexibility index (Phi) is 5.88. The molecule has 154 valence electrons. The van der Waals surface area contributed by atoms with E-state index in [0.717, 1.165) is 11.8 Å². The molecule has 0 saturated carbocycles. The summed E-state index contributed by atoms with van der Waals surface area (Å²) < 4.78 is 0.169. The van der Waals surface area contributed by atoms with E-state index in [1.165, 1.54) is 23.1 Å². The van der Waals surface area contributed by atoms with Crippen molar-refractivity contribution in [1.29, 1.82) is 0 Å². The van der Waals surface area contributed by atoms with E-state index in [4.69, 9.17) is 0 Å². The molecule has 0 aromatic heterocycles. The molecule has 7 nitrogen and oxygen atoms in total. The van der Waals surface area contributed by atoms with E-state index in [0.29, 0.717) is 16.5 Å². The SMILES string of the molecule is O=C1/C(=C\c2cc([N+](=O)[O-])cc(Br)c2O)SC(=Nc2ccccc2)N1c1ccccc1. The van der Waals surface area contributed by atoms with Crippen molar-refractivity contribution in [2.24, 2.45) is 4.99 Å². The van der Waals surface area contributed by atoms with Gasteiger partial charge in [0, 0.05) is 17.7 Å². The number of halogens is 1. The van der Waals surface area contributed by atoms with Crippen molar-refractivity contribution in [2.75, 3.05) is 4.90 Å². The molecule has 1 N–H and O–H groups in total. The smallest absolute Gasteiger partial charge is 0.271 e. The molecule has 1 heterocycles. The van der Waals surface area contributed by atoms with Gasteiger partial charge in [-0.1, -0.05) is 36.4 Å². The van der Waals surface area contributed by atoms with E-state index in [9.17, 15) is 20.0 Å². The third kappa shape index (κ3) is 4.37. The number of aliphatic imine (C=N–C) groups is 1. The zero-order valence-corrected chi connectivity index (χ0v) is 18.2. The van der Waals surface area contributed by atoms with Gasteiger partial charge in [0.05, 0.1) is 25.7 Å². The van der Waals surface area contributed by atoms with Gasteiger partial charge in [0.2, 0.25) is 0 Å². The van der Waals surface area contributed by atoms with Crippen LogP contribution in [0.5, 0.6) is 5.75 Å². The first kappa shape index (κ1) is 20.8. The second-order valence-electron chi connectivity index (χ2n) is 6.44. The molecular weight excluding hydrogens is 482 g/mol. The number of nitro groups is 1. The predicted molar refractivity (Wildman–Crippen MR) is 125 cm³/mol. The van der Waals surface area contributed by atoms with Crippen molar-refractivity contribution >= 4 is 61.9 Å². The predicted octanol–water partition coefficient (Wildman–Crippen LogP) is 5.87. The summed E-state index contributed by atoms with van der Waals surface area (Å²) in [5.41, 5.74) is 1.28. The second-order valence-corrected chi connectivity index (χ2v) is 8.30. The molecule has 1 aliphatic rings. The minimum absolute atomic E-state index is 0.158. The Morgan fingerprint density at radius 2 is 1.71 bits per heavy atom. The summed E-state index contributed by atoms with van der Waals surface area (Å²) in [4.78, 5) is 30.3. The molecule has 1 amide bonds. The highest BCUT2D eigenvalue weighted by Crippen LogP contribution is 2.40. The van der Waals surface area contributed by atoms with Crippen LogP contribution in [0.1, 0.15) is 5.56 Å². The lowest BCUT2D eigenvalue weighted by Gasteiger charge is -2.15. The van der Waals surface area contributed by atoms with Gasteiger partial charge in [0.15, 0.2) is 5.17 Å². The van der Waals surface area contributed by atoms with Crippen molar-refractivity contribution in [2.45, 2.75) is 0 Å². The summed E-state index contributed by atoms with van der Waals surface area (Å²) >= 11 is 4.26. The zero-order valence-electron chi connectivity index (χ0n) is 15.8. The number of phenolic OH excluding ortho intramolecular Hbond substituents is 1. The summed E-state index contributed by atoms with van der Waals surface area (Å²) in [5.74, 6) is -0.529. The van der Waals surface area contributed by atoms with Crippen LogP contribution in [0.15, 0.2) is 87.2 Å². The monoisotopic (exact) mass is 495 g/mol. The molecule has 3 aromatic rings. The van der Waals surface area contributed by atoms with Crippen molar-refractivity contribution in [3.8, 4) is 5.75 Å². The third-order valence-electron chi connectivity index (χ3n) is 4.38. The number of hydrogen-bond acceptors (Lipinski definition) is 6. The molecular formula is C22H14BrN3O4S. The van der Waals surface area contributed by atoms with E-state index in [1.54, 1.807) is 12.1 Å². The fourth-order valence-corrected chi connectivity index (χ4v) is 4.38. The molecule has 0 spiro atoms. The number of nitro benzene ring substituents is 1. The molecule has 1 aliphatic heterocycles. The lowest BCUT2D eigenvalue weighted by molar-refractivity contribution is -0.385. The van der Waals surface area contributed by atoms with E-state index >= 15 is 0 Å². The van der Waals surface area contributed by atoms with Crippen molar-refractivity contribution in [3.05, 3.63) is 97.9 Å². The second kappa shape index (κ2) is 8.75. The maximum absolute atomic E-state index is 13.3. The van der Waals surface area contributed by atoms with Crippen LogP contribution >= 0.6 is 27.7 Å². The summed E-state index contributed by atoms with van der Waals surface area (Å²) in [7, 11) is 0. The molecule has 4 rings (SSSR count). The standard InChI is InChI=1S/C22H14BrN3O4S/c23-18-13-17(26(29)30)11-14(20(18)27)12-19-21(28)25(16-9-5-2-6-10-16)22(31-19)24-15-7-3-1-4-8-15/h1-13,27H/b19-12+,24-22?. The fourth-order valence-electron chi connectivity index (χ4n) is 2.93. The van der Waals surface area contributed by atoms with Crippen molar-refractivity contribution in [1.82, 2.24) is 0 Å². The number of rotatable bonds is 4. The van der Waals surface area contributed by atoms with Crippen molar-refractivity contribution < 1.29 is 14.8 Å². The Balaban J connectivity index is 1.81. The molecule has 1 fully saturated rings. The number of carbonyl (C=O) groups is 1. The number of carbonyl (C=O) groups excluding carboxylic acids is 1. The van der Waals surface area contributed by atoms with Gasteiger partial charge < -0.3 is 5.11 Å². The lowest BCUT2D eigenvalue weighted by Crippen LogP contribution is -2.28. The van der Waals surface area contributed by atoms with Crippen LogP contribution in [0.3, 0.4) is 0 Å². The maximum Gasteiger partial charge on any atom is 0.271 e. The van der Waals surface area contributed by atoms with E-state index in [1.807, 2.05) is 48.5 Å². The lowest BCUT2D eigenvalue weighted by atomic mass is 10.1. The van der Waals surface area contributed by atoms with Gasteiger partial charge in [-0.2, -0.15) is 0 Å². The van der Waals surface area contributed by atoms with Crippen LogP contribution in [-0.2, 0) is 4.79 Å². The van der Waals surface area contributed by atoms with Crippen molar-refractivity contribution in [3.63, 3.8) is 0 Å². The molecule has 9 heteroatoms. The number of phenols is 1. The number of anilines is 1. The van der Waals surface area contributed by atoms with Gasteiger partial charge in [0.1, 0.15) is 5.75 Å². The number of non-ortho nitro benzene ring substituents is 1. The van der Waals surface area contributed by atoms with Crippen LogP contribution in [0.2, 0.25) is 0 Å². The molecule has 31 heavy (non-hydrogen) atoms. The van der Waals surface area contributed by atoms with Crippen LogP contribution in [0.25, 0.3) is 6.08 Å². The number of amides is 1. The average molecular weight is 496 g/mol. The first-order valence-electron chi connectivity index (χ1n) is 9.04. The molecule has 0 unspecified atom stereocenters. The Bertz CT molecular complexity index is 1230. The van der Waals surface area contributed by atoms with Gasteiger partial charge >= 0.3 is 0 Å². The average Bonchev–Trinajstić information content (AvgIpc) is 3.07. The van der Waals surface area contributed by atoms with Gasteiger partial charge in [-0.15, -0.1) is 0 Å². The van der Waals surface area contributed by atoms with E-state index < -0.39 is 4.92 Å². The van der Waals surface area contributed by atoms with Crippen LogP contribution in [0.4, 0.5) is 17.1 Å². The summed E-state index contributed by atoms with van der Waals surface area (Å²) in [6, 6.07) is 20.7. The highest BCUT2D eigenvalue weighted by molar-refractivity contribution is 9.10. The molecule has 0 aliphatic carbocycles. The Morgan fingerprint density at radius 1 is 1.06 bits per heavy atom. The quantitative estimate of drug-likeness (QED) is 0.277. The summed E-state index contributed by atoms with van der Waals surface area (Å²) in [6.07, 6.45) is 1.43. The van der Waals surface area contributed by atoms with Gasteiger partial charge in [0.25, 0.3) is 11.6 Å². The Morgan fingerprint density at radius 3 is 2.35 bits per heavy atom. The number of aromatic hydroxyl groups is 1. The number of hydrogen-bond donors (Lipinski definition) is 1. The molecule has 1 saturated heterocycles. The Labute approximate surface area is 190 Å². The van der Waals surface area contributed by atoms with E-state index in [2.05, 4.69) is 20.9 Å². The van der Waals surface area contributed by atoms with Gasteiger partial charge in [-0.25, -0.2) is 4.99 Å². The summed E-state index contributed by atoms with van der Waals surface area (Å²) in [5, 5.41) is 22.0. The first-order valence-corrected chi connectivity index (χ1v) is 10.6. The van der Waals surface area contributed by atoms with Gasteiger partial charge in [-0.3, -0.25) is 19.8 Å². The largest absolute Gasteiger partial charge is 0.506 e. The maximum atomic E-state index is 13.3. The minimum Gasteiger partial charge on any atom is -0.506 e. The minimum atomic E-state index is -0.561. The number of nitrogens with zero attached hydrogens (tertiary/aromatic N) is 3. The number of para-hydroxylation sites is 2. The first-order chi connectivity index (χ1) is 14.9. The highest BCUT2D eigenvalue weighted by Gasteiger charge is 2.35. The molecule has 0 bridgehead atoms. The zero-order chi connectivity index (χ0) is 22.0. The van der Waals surface area contributed by atoms with E-state index in [-0.39, 0.29) is 32.3 Å². The summed E-state index contributed by atoms with van der Waals surface area (Å²) in [6.45, 7) is 0. The number of benzene rings is 3. The van der Waals surface area contributed by atoms with Crippen LogP contribution < -0.4 is 4.90 Å². The third-order valence-corrected chi connectivity index (χ3v) is 5.95. The highest BCUT2D eigenvalue weighted by atomic mass is 79.9. The fraction of sp³-hybridized carbons (Fsp3) is 0. The van der Waals surface area contributed by atoms with Crippen LogP contribution in [0, 0.1) is 10.1 Å². The molecule has 3 aromatic carbocycles. The Hall–Kier alpha value is -3.43. The van der Waals surface area contributed by atoms with Crippen LogP contribution in [-0.4, -0.2) is 21.1 Å². The number of thioether (sulfide) groups is 1. The molecule has 0 atom stereocenters. The topological polar surface area (TPSA) is 96.0 Å². The van der Waals surface area contributed by atoms with Gasteiger partial charge in [-0.05, 0) is 58.0 Å². The normalized spacial score (nSPS) is 16.3. The number of amidine groups is 1. The molecule has 0 radical (unpaired) electrons.